The molecule has 0 aliphatic heterocycles. The summed E-state index contributed by atoms with van der Waals surface area (Å²) in [5.41, 5.74) is 0.522. The lowest BCUT2D eigenvalue weighted by molar-refractivity contribution is 0.458. The molecule has 0 aromatic carbocycles. The first-order valence-corrected chi connectivity index (χ1v) is 5.71. The molecule has 0 atom stereocenters. The van der Waals surface area contributed by atoms with Gasteiger partial charge in [0, 0.05) is 6.54 Å². The zero-order valence-corrected chi connectivity index (χ0v) is 10.4. The van der Waals surface area contributed by atoms with Gasteiger partial charge in [-0.05, 0) is 29.6 Å². The third kappa shape index (κ3) is 2.48. The van der Waals surface area contributed by atoms with E-state index in [4.69, 9.17) is 23.2 Å². The number of nitrogens with zero attached hydrogens (tertiary/aromatic N) is 4. The van der Waals surface area contributed by atoms with Crippen molar-refractivity contribution in [2.24, 2.45) is 0 Å². The third-order valence-electron chi connectivity index (χ3n) is 2.01. The second-order valence-electron chi connectivity index (χ2n) is 3.28. The molecule has 8 heteroatoms. The number of aromatic hydroxyl groups is 1. The molecule has 0 radical (unpaired) electrons. The fraction of sp³-hybridized carbons (Fsp3) is 0.333. The van der Waals surface area contributed by atoms with Crippen LogP contribution in [0.25, 0.3) is 11.0 Å². The van der Waals surface area contributed by atoms with E-state index in [1.54, 1.807) is 0 Å². The van der Waals surface area contributed by atoms with E-state index in [0.717, 1.165) is 6.42 Å². The van der Waals surface area contributed by atoms with Gasteiger partial charge in [-0.15, -0.1) is 0 Å². The molecule has 0 saturated carbocycles. The van der Waals surface area contributed by atoms with Crippen molar-refractivity contribution in [2.75, 3.05) is 11.9 Å². The fourth-order valence-electron chi connectivity index (χ4n) is 1.31. The first kappa shape index (κ1) is 12.1. The molecule has 0 amide bonds. The maximum absolute atomic E-state index is 9.61. The van der Waals surface area contributed by atoms with Gasteiger partial charge in [0.2, 0.25) is 16.4 Å². The van der Waals surface area contributed by atoms with Crippen molar-refractivity contribution in [1.82, 2.24) is 19.9 Å². The van der Waals surface area contributed by atoms with Gasteiger partial charge in [-0.2, -0.15) is 9.97 Å². The van der Waals surface area contributed by atoms with Gasteiger partial charge in [0.1, 0.15) is 5.52 Å². The molecule has 0 aliphatic rings. The Kier molecular flexibility index (Phi) is 3.44. The number of rotatable bonds is 3. The van der Waals surface area contributed by atoms with Crippen LogP contribution in [0.2, 0.25) is 10.6 Å². The second kappa shape index (κ2) is 4.85. The average Bonchev–Trinajstić information content (AvgIpc) is 2.27. The fourth-order valence-corrected chi connectivity index (χ4v) is 1.65. The van der Waals surface area contributed by atoms with E-state index in [1.165, 1.54) is 0 Å². The Morgan fingerprint density at radius 3 is 2.41 bits per heavy atom. The van der Waals surface area contributed by atoms with Crippen LogP contribution < -0.4 is 5.32 Å². The Morgan fingerprint density at radius 2 is 1.71 bits per heavy atom. The number of hydrogen-bond acceptors (Lipinski definition) is 6. The van der Waals surface area contributed by atoms with Crippen molar-refractivity contribution in [3.63, 3.8) is 0 Å². The number of hydrogen-bond donors (Lipinski definition) is 2. The molecule has 0 fully saturated rings. The summed E-state index contributed by atoms with van der Waals surface area (Å²) in [5.74, 6) is 0.116. The summed E-state index contributed by atoms with van der Waals surface area (Å²) in [6.45, 7) is 2.71. The minimum atomic E-state index is -0.316. The third-order valence-corrected chi connectivity index (χ3v) is 2.35. The van der Waals surface area contributed by atoms with Crippen LogP contribution in [0.5, 0.6) is 5.88 Å². The van der Waals surface area contributed by atoms with E-state index in [2.05, 4.69) is 25.3 Å². The topological polar surface area (TPSA) is 83.8 Å². The predicted molar refractivity (Wildman–Crippen MR) is 65.6 cm³/mol. The molecule has 0 saturated heterocycles. The van der Waals surface area contributed by atoms with Gasteiger partial charge < -0.3 is 10.4 Å². The minimum Gasteiger partial charge on any atom is -0.492 e. The molecular weight excluding hydrogens is 265 g/mol. The van der Waals surface area contributed by atoms with Crippen LogP contribution in [-0.2, 0) is 0 Å². The summed E-state index contributed by atoms with van der Waals surface area (Å²) in [6.07, 6.45) is 0.911. The Hall–Kier alpha value is -1.40. The predicted octanol–water partition coefficient (Wildman–Crippen LogP) is 2.25. The molecule has 17 heavy (non-hydrogen) atoms. The first-order chi connectivity index (χ1) is 8.11. The lowest BCUT2D eigenvalue weighted by Crippen LogP contribution is -2.05. The van der Waals surface area contributed by atoms with Crippen molar-refractivity contribution in [3.8, 4) is 5.88 Å². The van der Waals surface area contributed by atoms with E-state index < -0.39 is 0 Å². The zero-order chi connectivity index (χ0) is 12.4. The van der Waals surface area contributed by atoms with Gasteiger partial charge in [-0.25, -0.2) is 9.97 Å². The highest BCUT2D eigenvalue weighted by atomic mass is 35.5. The smallest absolute Gasteiger partial charge is 0.242 e. The largest absolute Gasteiger partial charge is 0.492 e. The van der Waals surface area contributed by atoms with E-state index in [-0.39, 0.29) is 22.0 Å². The Labute approximate surface area is 107 Å². The lowest BCUT2D eigenvalue weighted by Gasteiger charge is -2.07. The highest BCUT2D eigenvalue weighted by Crippen LogP contribution is 2.26. The summed E-state index contributed by atoms with van der Waals surface area (Å²) < 4.78 is 0. The van der Waals surface area contributed by atoms with Crippen molar-refractivity contribution in [1.29, 1.82) is 0 Å². The normalized spacial score (nSPS) is 10.8. The molecular formula is C9H9Cl2N5O. The van der Waals surface area contributed by atoms with Crippen LogP contribution in [0.15, 0.2) is 0 Å². The Bertz CT molecular complexity index is 563. The molecule has 90 valence electrons. The van der Waals surface area contributed by atoms with Crippen molar-refractivity contribution < 1.29 is 5.11 Å². The van der Waals surface area contributed by atoms with Crippen molar-refractivity contribution in [3.05, 3.63) is 10.6 Å². The molecule has 2 aromatic heterocycles. The average molecular weight is 274 g/mol. The quantitative estimate of drug-likeness (QED) is 0.835. The van der Waals surface area contributed by atoms with Crippen molar-refractivity contribution >= 4 is 40.1 Å². The molecule has 2 heterocycles. The van der Waals surface area contributed by atoms with Crippen LogP contribution in [0.3, 0.4) is 0 Å². The van der Waals surface area contributed by atoms with E-state index in [1.807, 2.05) is 6.92 Å². The number of fused-ring (bicyclic) bond motifs is 1. The lowest BCUT2D eigenvalue weighted by atomic mass is 10.4. The van der Waals surface area contributed by atoms with Gasteiger partial charge in [0.15, 0.2) is 11.3 Å². The zero-order valence-electron chi connectivity index (χ0n) is 8.91. The number of halogens is 2. The second-order valence-corrected chi connectivity index (χ2v) is 3.96. The number of aromatic nitrogens is 4. The van der Waals surface area contributed by atoms with Crippen LogP contribution in [0.1, 0.15) is 13.3 Å². The monoisotopic (exact) mass is 273 g/mol. The van der Waals surface area contributed by atoms with E-state index >= 15 is 0 Å². The van der Waals surface area contributed by atoms with Gasteiger partial charge in [-0.1, -0.05) is 6.92 Å². The standard InChI is InChI=1S/C9H9Cl2N5O/c1-2-3-12-6-4-5(14-8(10)15-6)7(17)16-9(11)13-4/h2-3H2,1H3,(H,12,14,15)(H,13,16,17). The SMILES string of the molecule is CCCNc1nc(Cl)nc2c(O)nc(Cl)nc12. The van der Waals surface area contributed by atoms with Crippen LogP contribution >= 0.6 is 23.2 Å². The van der Waals surface area contributed by atoms with Crippen LogP contribution in [0, 0.1) is 0 Å². The summed E-state index contributed by atoms with van der Waals surface area (Å²) in [5, 5.41) is 12.6. The Balaban J connectivity index is 2.64. The van der Waals surface area contributed by atoms with Gasteiger partial charge in [-0.3, -0.25) is 0 Å². The number of anilines is 1. The highest BCUT2D eigenvalue weighted by Gasteiger charge is 2.13. The summed E-state index contributed by atoms with van der Waals surface area (Å²) in [7, 11) is 0. The Morgan fingerprint density at radius 1 is 1.06 bits per heavy atom. The maximum Gasteiger partial charge on any atom is 0.242 e. The number of nitrogens with one attached hydrogen (secondary N) is 1. The molecule has 2 N–H and O–H groups in total. The molecule has 2 aromatic rings. The molecule has 0 bridgehead atoms. The minimum absolute atomic E-state index is 0.0114. The molecule has 0 unspecified atom stereocenters. The molecule has 0 spiro atoms. The summed E-state index contributed by atoms with van der Waals surface area (Å²) in [4.78, 5) is 15.4. The molecule has 2 rings (SSSR count). The summed E-state index contributed by atoms with van der Waals surface area (Å²) >= 11 is 11.4. The van der Waals surface area contributed by atoms with Crippen LogP contribution in [-0.4, -0.2) is 31.6 Å². The van der Waals surface area contributed by atoms with Crippen LogP contribution in [0.4, 0.5) is 5.82 Å². The van der Waals surface area contributed by atoms with Gasteiger partial charge in [0.25, 0.3) is 0 Å². The maximum atomic E-state index is 9.61. The summed E-state index contributed by atoms with van der Waals surface area (Å²) in [6, 6.07) is 0. The highest BCUT2D eigenvalue weighted by molar-refractivity contribution is 6.29. The van der Waals surface area contributed by atoms with Gasteiger partial charge >= 0.3 is 0 Å². The molecule has 0 aliphatic carbocycles. The van der Waals surface area contributed by atoms with Gasteiger partial charge in [0.05, 0.1) is 0 Å². The molecule has 6 nitrogen and oxygen atoms in total. The van der Waals surface area contributed by atoms with E-state index in [9.17, 15) is 5.11 Å². The van der Waals surface area contributed by atoms with E-state index in [0.29, 0.717) is 17.9 Å². The van der Waals surface area contributed by atoms with Crippen molar-refractivity contribution in [2.45, 2.75) is 13.3 Å². The first-order valence-electron chi connectivity index (χ1n) is 4.95.